The van der Waals surface area contributed by atoms with Gasteiger partial charge in [-0.1, -0.05) is 30.3 Å². The summed E-state index contributed by atoms with van der Waals surface area (Å²) in [5.41, 5.74) is 7.81. The standard InChI is InChI=1S/C25H28N4O/c1-18-7-5-9-20(17-18)27-13-15-28(16-14-27)25(30)24-21-10-6-12-23(21)29(26-24)22-11-4-3-8-19(22)2/h3-5,7-9,11,17H,6,10,12-16H2,1-2H3. The third kappa shape index (κ3) is 3.28. The van der Waals surface area contributed by atoms with Gasteiger partial charge in [-0.15, -0.1) is 0 Å². The Bertz CT molecular complexity index is 1090. The van der Waals surface area contributed by atoms with Crippen LogP contribution in [0.5, 0.6) is 0 Å². The first kappa shape index (κ1) is 18.9. The smallest absolute Gasteiger partial charge is 0.274 e. The van der Waals surface area contributed by atoms with Crippen LogP contribution in [-0.4, -0.2) is 46.8 Å². The number of fused-ring (bicyclic) bond motifs is 1. The fraction of sp³-hybridized carbons (Fsp3) is 0.360. The largest absolute Gasteiger partial charge is 0.368 e. The van der Waals surface area contributed by atoms with Crippen LogP contribution < -0.4 is 4.90 Å². The van der Waals surface area contributed by atoms with Gasteiger partial charge in [-0.3, -0.25) is 4.79 Å². The fourth-order valence-corrected chi connectivity index (χ4v) is 4.75. The molecule has 1 amide bonds. The summed E-state index contributed by atoms with van der Waals surface area (Å²) in [5.74, 6) is 0.0874. The second-order valence-corrected chi connectivity index (χ2v) is 8.44. The summed E-state index contributed by atoms with van der Waals surface area (Å²) in [7, 11) is 0. The molecule has 3 aromatic rings. The second kappa shape index (κ2) is 7.63. The summed E-state index contributed by atoms with van der Waals surface area (Å²) in [6, 6.07) is 16.9. The average molecular weight is 401 g/mol. The van der Waals surface area contributed by atoms with E-state index in [4.69, 9.17) is 5.10 Å². The van der Waals surface area contributed by atoms with Crippen molar-refractivity contribution in [1.82, 2.24) is 14.7 Å². The van der Waals surface area contributed by atoms with E-state index >= 15 is 0 Å². The Balaban J connectivity index is 1.38. The van der Waals surface area contributed by atoms with E-state index in [0.717, 1.165) is 56.7 Å². The van der Waals surface area contributed by atoms with Gasteiger partial charge in [-0.2, -0.15) is 5.10 Å². The normalized spacial score (nSPS) is 16.1. The summed E-state index contributed by atoms with van der Waals surface area (Å²) in [5, 5.41) is 4.84. The highest BCUT2D eigenvalue weighted by Crippen LogP contribution is 2.30. The zero-order valence-electron chi connectivity index (χ0n) is 17.8. The molecule has 1 aromatic heterocycles. The number of hydrogen-bond acceptors (Lipinski definition) is 3. The highest BCUT2D eigenvalue weighted by atomic mass is 16.2. The number of aromatic nitrogens is 2. The molecule has 0 radical (unpaired) electrons. The van der Waals surface area contributed by atoms with E-state index in [2.05, 4.69) is 55.1 Å². The van der Waals surface area contributed by atoms with E-state index in [1.807, 2.05) is 21.7 Å². The van der Waals surface area contributed by atoms with Crippen molar-refractivity contribution in [1.29, 1.82) is 0 Å². The Labute approximate surface area is 177 Å². The lowest BCUT2D eigenvalue weighted by atomic mass is 10.1. The molecule has 5 nitrogen and oxygen atoms in total. The van der Waals surface area contributed by atoms with Crippen LogP contribution >= 0.6 is 0 Å². The monoisotopic (exact) mass is 400 g/mol. The minimum atomic E-state index is 0.0874. The topological polar surface area (TPSA) is 41.4 Å². The highest BCUT2D eigenvalue weighted by molar-refractivity contribution is 5.94. The number of amides is 1. The van der Waals surface area contributed by atoms with E-state index in [1.54, 1.807) is 0 Å². The van der Waals surface area contributed by atoms with Gasteiger partial charge in [-0.05, 0) is 62.4 Å². The van der Waals surface area contributed by atoms with E-state index in [-0.39, 0.29) is 5.91 Å². The van der Waals surface area contributed by atoms with Crippen LogP contribution in [-0.2, 0) is 12.8 Å². The third-order valence-electron chi connectivity index (χ3n) is 6.41. The molecule has 2 aromatic carbocycles. The average Bonchev–Trinajstić information content (AvgIpc) is 3.37. The van der Waals surface area contributed by atoms with Crippen molar-refractivity contribution in [3.63, 3.8) is 0 Å². The summed E-state index contributed by atoms with van der Waals surface area (Å²) in [6.07, 6.45) is 3.04. The first-order chi connectivity index (χ1) is 14.6. The van der Waals surface area contributed by atoms with Crippen LogP contribution in [0.2, 0.25) is 0 Å². The molecule has 5 rings (SSSR count). The van der Waals surface area contributed by atoms with E-state index < -0.39 is 0 Å². The molecule has 2 heterocycles. The van der Waals surface area contributed by atoms with Crippen molar-refractivity contribution in [2.75, 3.05) is 31.1 Å². The summed E-state index contributed by atoms with van der Waals surface area (Å²) in [6.45, 7) is 7.41. The zero-order chi connectivity index (χ0) is 20.7. The summed E-state index contributed by atoms with van der Waals surface area (Å²) >= 11 is 0. The van der Waals surface area contributed by atoms with Gasteiger partial charge in [0, 0.05) is 43.1 Å². The van der Waals surface area contributed by atoms with Crippen LogP contribution in [0.25, 0.3) is 5.69 Å². The predicted molar refractivity (Wildman–Crippen MR) is 120 cm³/mol. The number of hydrogen-bond donors (Lipinski definition) is 0. The first-order valence-electron chi connectivity index (χ1n) is 10.9. The lowest BCUT2D eigenvalue weighted by Gasteiger charge is -2.36. The molecule has 1 saturated heterocycles. The summed E-state index contributed by atoms with van der Waals surface area (Å²) in [4.78, 5) is 17.8. The second-order valence-electron chi connectivity index (χ2n) is 8.44. The zero-order valence-corrected chi connectivity index (χ0v) is 17.8. The Kier molecular flexibility index (Phi) is 4.81. The number of piperazine rings is 1. The van der Waals surface area contributed by atoms with Crippen LogP contribution in [0.4, 0.5) is 5.69 Å². The number of anilines is 1. The first-order valence-corrected chi connectivity index (χ1v) is 10.9. The highest BCUT2D eigenvalue weighted by Gasteiger charge is 2.31. The van der Waals surface area contributed by atoms with E-state index in [9.17, 15) is 4.79 Å². The van der Waals surface area contributed by atoms with Crippen molar-refractivity contribution in [2.45, 2.75) is 33.1 Å². The third-order valence-corrected chi connectivity index (χ3v) is 6.41. The maximum atomic E-state index is 13.4. The number of nitrogens with zero attached hydrogens (tertiary/aromatic N) is 4. The molecular weight excluding hydrogens is 372 g/mol. The Hall–Kier alpha value is -3.08. The maximum absolute atomic E-state index is 13.4. The molecule has 1 aliphatic heterocycles. The minimum absolute atomic E-state index is 0.0874. The molecule has 0 N–H and O–H groups in total. The maximum Gasteiger partial charge on any atom is 0.274 e. The molecule has 1 fully saturated rings. The Morgan fingerprint density at radius 2 is 1.73 bits per heavy atom. The number of benzene rings is 2. The van der Waals surface area contributed by atoms with Crippen LogP contribution in [0.3, 0.4) is 0 Å². The van der Waals surface area contributed by atoms with Crippen molar-refractivity contribution >= 4 is 11.6 Å². The van der Waals surface area contributed by atoms with E-state index in [1.165, 1.54) is 22.5 Å². The van der Waals surface area contributed by atoms with Crippen molar-refractivity contribution in [3.8, 4) is 5.69 Å². The Morgan fingerprint density at radius 3 is 2.50 bits per heavy atom. The van der Waals surface area contributed by atoms with Crippen molar-refractivity contribution in [2.24, 2.45) is 0 Å². The quantitative estimate of drug-likeness (QED) is 0.669. The molecule has 154 valence electrons. The molecule has 0 bridgehead atoms. The molecule has 5 heteroatoms. The number of para-hydroxylation sites is 1. The van der Waals surface area contributed by atoms with Crippen LogP contribution in [0.15, 0.2) is 48.5 Å². The van der Waals surface area contributed by atoms with Gasteiger partial charge >= 0.3 is 0 Å². The van der Waals surface area contributed by atoms with Crippen molar-refractivity contribution in [3.05, 3.63) is 76.6 Å². The van der Waals surface area contributed by atoms with Gasteiger partial charge in [0.2, 0.25) is 0 Å². The lowest BCUT2D eigenvalue weighted by Crippen LogP contribution is -2.49. The van der Waals surface area contributed by atoms with Gasteiger partial charge in [-0.25, -0.2) is 4.68 Å². The fourth-order valence-electron chi connectivity index (χ4n) is 4.75. The molecule has 0 spiro atoms. The van der Waals surface area contributed by atoms with Crippen molar-refractivity contribution < 1.29 is 4.79 Å². The Morgan fingerprint density at radius 1 is 0.933 bits per heavy atom. The molecule has 2 aliphatic rings. The molecule has 1 aliphatic carbocycles. The van der Waals surface area contributed by atoms with Gasteiger partial charge < -0.3 is 9.80 Å². The van der Waals surface area contributed by atoms with E-state index in [0.29, 0.717) is 5.69 Å². The predicted octanol–water partition coefficient (Wildman–Crippen LogP) is 3.94. The molecule has 0 atom stereocenters. The summed E-state index contributed by atoms with van der Waals surface area (Å²) < 4.78 is 2.02. The molecular formula is C25H28N4O. The van der Waals surface area contributed by atoms with Gasteiger partial charge in [0.05, 0.1) is 5.69 Å². The number of aryl methyl sites for hydroxylation is 2. The molecule has 0 saturated carbocycles. The lowest BCUT2D eigenvalue weighted by molar-refractivity contribution is 0.0739. The SMILES string of the molecule is Cc1cccc(N2CCN(C(=O)c3nn(-c4ccccc4C)c4c3CCC4)CC2)c1. The number of carbonyl (C=O) groups excluding carboxylic acids is 1. The van der Waals surface area contributed by atoms with Gasteiger partial charge in [0.25, 0.3) is 5.91 Å². The van der Waals surface area contributed by atoms with Gasteiger partial charge in [0.15, 0.2) is 5.69 Å². The molecule has 30 heavy (non-hydrogen) atoms. The van der Waals surface area contributed by atoms with Crippen LogP contribution in [0, 0.1) is 13.8 Å². The number of carbonyl (C=O) groups is 1. The van der Waals surface area contributed by atoms with Crippen LogP contribution in [0.1, 0.15) is 39.3 Å². The van der Waals surface area contributed by atoms with Gasteiger partial charge in [0.1, 0.15) is 0 Å². The number of rotatable bonds is 3. The molecule has 0 unspecified atom stereocenters. The minimum Gasteiger partial charge on any atom is -0.368 e.